The molecular weight excluding hydrogens is 231 g/mol. The summed E-state index contributed by atoms with van der Waals surface area (Å²) in [5, 5.41) is 3.33. The van der Waals surface area contributed by atoms with E-state index < -0.39 is 0 Å². The molecule has 96 valence electrons. The summed E-state index contributed by atoms with van der Waals surface area (Å²) in [7, 11) is 0. The number of anilines is 1. The van der Waals surface area contributed by atoms with Crippen LogP contribution in [-0.2, 0) is 0 Å². The Morgan fingerprint density at radius 1 is 1.33 bits per heavy atom. The minimum Gasteiger partial charge on any atom is -0.352 e. The first-order valence-electron chi connectivity index (χ1n) is 6.40. The first kappa shape index (κ1) is 11.5. The lowest BCUT2D eigenvalue weighted by Gasteiger charge is -2.29. The maximum Gasteiger partial charge on any atom is 0.201 e. The molecule has 3 rings (SSSR count). The fourth-order valence-corrected chi connectivity index (χ4v) is 2.56. The van der Waals surface area contributed by atoms with Crippen molar-refractivity contribution in [3.63, 3.8) is 0 Å². The van der Waals surface area contributed by atoms with Crippen LogP contribution in [-0.4, -0.2) is 22.1 Å². The predicted octanol–water partition coefficient (Wildman–Crippen LogP) is 2.38. The van der Waals surface area contributed by atoms with E-state index in [4.69, 9.17) is 5.73 Å². The smallest absolute Gasteiger partial charge is 0.201 e. The lowest BCUT2D eigenvalue weighted by Crippen LogP contribution is -2.42. The van der Waals surface area contributed by atoms with Crippen LogP contribution >= 0.6 is 0 Å². The van der Waals surface area contributed by atoms with Crippen LogP contribution in [0.4, 0.5) is 10.3 Å². The highest BCUT2D eigenvalue weighted by Gasteiger charge is 2.22. The van der Waals surface area contributed by atoms with Crippen LogP contribution in [0.15, 0.2) is 18.2 Å². The molecule has 4 nitrogen and oxygen atoms in total. The number of nitrogens with zero attached hydrogens (tertiary/aromatic N) is 1. The fourth-order valence-electron chi connectivity index (χ4n) is 2.56. The lowest BCUT2D eigenvalue weighted by atomic mass is 9.91. The van der Waals surface area contributed by atoms with Gasteiger partial charge in [-0.15, -0.1) is 0 Å². The van der Waals surface area contributed by atoms with E-state index in [-0.39, 0.29) is 17.9 Å². The Balaban J connectivity index is 1.81. The minimum atomic E-state index is -0.257. The van der Waals surface area contributed by atoms with Crippen molar-refractivity contribution in [2.24, 2.45) is 5.73 Å². The van der Waals surface area contributed by atoms with Gasteiger partial charge in [-0.25, -0.2) is 9.37 Å². The third-order valence-corrected chi connectivity index (χ3v) is 3.59. The van der Waals surface area contributed by atoms with Gasteiger partial charge in [0.15, 0.2) is 0 Å². The molecule has 0 radical (unpaired) electrons. The highest BCUT2D eigenvalue weighted by atomic mass is 19.1. The molecule has 4 N–H and O–H groups in total. The van der Waals surface area contributed by atoms with Crippen molar-refractivity contribution >= 4 is 17.0 Å². The largest absolute Gasteiger partial charge is 0.352 e. The van der Waals surface area contributed by atoms with Gasteiger partial charge in [-0.05, 0) is 31.0 Å². The molecule has 2 unspecified atom stereocenters. The molecule has 1 aliphatic carbocycles. The molecule has 2 atom stereocenters. The van der Waals surface area contributed by atoms with Crippen LogP contribution in [0.25, 0.3) is 11.0 Å². The van der Waals surface area contributed by atoms with E-state index in [0.717, 1.165) is 18.4 Å². The van der Waals surface area contributed by atoms with E-state index in [9.17, 15) is 4.39 Å². The van der Waals surface area contributed by atoms with Crippen LogP contribution in [0.3, 0.4) is 0 Å². The van der Waals surface area contributed by atoms with Gasteiger partial charge in [0, 0.05) is 12.1 Å². The van der Waals surface area contributed by atoms with E-state index in [0.29, 0.717) is 11.5 Å². The van der Waals surface area contributed by atoms with Gasteiger partial charge in [0.25, 0.3) is 0 Å². The number of nitrogens with two attached hydrogens (primary N) is 1. The van der Waals surface area contributed by atoms with Crippen molar-refractivity contribution in [1.29, 1.82) is 0 Å². The maximum absolute atomic E-state index is 13.1. The minimum absolute atomic E-state index is 0.170. The molecule has 0 saturated heterocycles. The molecule has 1 aromatic heterocycles. The molecule has 1 fully saturated rings. The number of aromatic amines is 1. The summed E-state index contributed by atoms with van der Waals surface area (Å²) in [6, 6.07) is 4.97. The monoisotopic (exact) mass is 248 g/mol. The summed E-state index contributed by atoms with van der Waals surface area (Å²) < 4.78 is 13.1. The zero-order chi connectivity index (χ0) is 12.5. The van der Waals surface area contributed by atoms with Crippen LogP contribution in [0.2, 0.25) is 0 Å². The van der Waals surface area contributed by atoms with Crippen molar-refractivity contribution in [1.82, 2.24) is 9.97 Å². The lowest BCUT2D eigenvalue weighted by molar-refractivity contribution is 0.403. The SMILES string of the molecule is NC1CCCCC1Nc1nc2ccc(F)cc2[nH]1. The zero-order valence-electron chi connectivity index (χ0n) is 10.1. The van der Waals surface area contributed by atoms with Gasteiger partial charge in [0.2, 0.25) is 5.95 Å². The van der Waals surface area contributed by atoms with Crippen LogP contribution in [0.1, 0.15) is 25.7 Å². The average molecular weight is 248 g/mol. The van der Waals surface area contributed by atoms with Crippen molar-refractivity contribution in [2.75, 3.05) is 5.32 Å². The van der Waals surface area contributed by atoms with Crippen molar-refractivity contribution in [3.05, 3.63) is 24.0 Å². The number of fused-ring (bicyclic) bond motifs is 1. The predicted molar refractivity (Wildman–Crippen MR) is 69.9 cm³/mol. The number of hydrogen-bond acceptors (Lipinski definition) is 3. The summed E-state index contributed by atoms with van der Waals surface area (Å²) in [5.74, 6) is 0.421. The molecule has 0 bridgehead atoms. The van der Waals surface area contributed by atoms with Gasteiger partial charge in [0.05, 0.1) is 11.0 Å². The Labute approximate surface area is 105 Å². The third-order valence-electron chi connectivity index (χ3n) is 3.59. The molecule has 0 aliphatic heterocycles. The first-order valence-corrected chi connectivity index (χ1v) is 6.40. The summed E-state index contributed by atoms with van der Waals surface area (Å²) >= 11 is 0. The Morgan fingerprint density at radius 2 is 2.17 bits per heavy atom. The molecule has 0 amide bonds. The second-order valence-corrected chi connectivity index (χ2v) is 4.95. The van der Waals surface area contributed by atoms with E-state index >= 15 is 0 Å². The zero-order valence-corrected chi connectivity index (χ0v) is 10.1. The maximum atomic E-state index is 13.1. The number of aromatic nitrogens is 2. The summed E-state index contributed by atoms with van der Waals surface area (Å²) in [6.45, 7) is 0. The second-order valence-electron chi connectivity index (χ2n) is 4.95. The quantitative estimate of drug-likeness (QED) is 0.764. The summed E-state index contributed by atoms with van der Waals surface area (Å²) in [6.07, 6.45) is 4.50. The Bertz CT molecular complexity index is 551. The standard InChI is InChI=1S/C13H17FN4/c14-8-5-6-11-12(7-8)18-13(17-11)16-10-4-2-1-3-9(10)15/h5-7,9-10H,1-4,15H2,(H2,16,17,18). The van der Waals surface area contributed by atoms with Crippen LogP contribution < -0.4 is 11.1 Å². The molecular formula is C13H17FN4. The number of hydrogen-bond donors (Lipinski definition) is 3. The summed E-state index contributed by atoms with van der Waals surface area (Å²) in [4.78, 5) is 7.48. The average Bonchev–Trinajstić information content (AvgIpc) is 2.73. The number of imidazole rings is 1. The Hall–Kier alpha value is -1.62. The number of rotatable bonds is 2. The molecule has 18 heavy (non-hydrogen) atoms. The molecule has 1 saturated carbocycles. The fraction of sp³-hybridized carbons (Fsp3) is 0.462. The number of H-pyrrole nitrogens is 1. The topological polar surface area (TPSA) is 66.7 Å². The van der Waals surface area contributed by atoms with Gasteiger partial charge < -0.3 is 16.0 Å². The van der Waals surface area contributed by atoms with Gasteiger partial charge >= 0.3 is 0 Å². The molecule has 0 spiro atoms. The second kappa shape index (κ2) is 4.57. The van der Waals surface area contributed by atoms with Crippen molar-refractivity contribution in [3.8, 4) is 0 Å². The Morgan fingerprint density at radius 3 is 3.00 bits per heavy atom. The highest BCUT2D eigenvalue weighted by Crippen LogP contribution is 2.21. The van der Waals surface area contributed by atoms with E-state index in [1.807, 2.05) is 0 Å². The highest BCUT2D eigenvalue weighted by molar-refractivity contribution is 5.77. The normalized spacial score (nSPS) is 24.3. The molecule has 5 heteroatoms. The molecule has 1 aromatic carbocycles. The molecule has 1 heterocycles. The number of halogens is 1. The van der Waals surface area contributed by atoms with Crippen molar-refractivity contribution < 1.29 is 4.39 Å². The third kappa shape index (κ3) is 2.18. The van der Waals surface area contributed by atoms with E-state index in [1.165, 1.54) is 25.0 Å². The van der Waals surface area contributed by atoms with Gasteiger partial charge in [0.1, 0.15) is 5.82 Å². The van der Waals surface area contributed by atoms with E-state index in [1.54, 1.807) is 6.07 Å². The number of benzene rings is 1. The molecule has 2 aromatic rings. The molecule has 1 aliphatic rings. The van der Waals surface area contributed by atoms with Gasteiger partial charge in [-0.3, -0.25) is 0 Å². The van der Waals surface area contributed by atoms with Gasteiger partial charge in [-0.1, -0.05) is 12.8 Å². The van der Waals surface area contributed by atoms with Gasteiger partial charge in [-0.2, -0.15) is 0 Å². The number of nitrogens with one attached hydrogen (secondary N) is 2. The van der Waals surface area contributed by atoms with Crippen LogP contribution in [0, 0.1) is 5.82 Å². The van der Waals surface area contributed by atoms with E-state index in [2.05, 4.69) is 15.3 Å². The van der Waals surface area contributed by atoms with Crippen molar-refractivity contribution in [2.45, 2.75) is 37.8 Å². The first-order chi connectivity index (χ1) is 8.72. The van der Waals surface area contributed by atoms with Crippen LogP contribution in [0.5, 0.6) is 0 Å². The Kier molecular flexibility index (Phi) is 2.91. The summed E-state index contributed by atoms with van der Waals surface area (Å²) in [5.41, 5.74) is 7.56.